The van der Waals surface area contributed by atoms with Gasteiger partial charge in [-0.15, -0.1) is 11.8 Å². The number of esters is 1. The van der Waals surface area contributed by atoms with Crippen LogP contribution in [0.15, 0.2) is 42.5 Å². The van der Waals surface area contributed by atoms with Gasteiger partial charge in [-0.3, -0.25) is 0 Å². The molecular formula is C21H24N2O5S. The Morgan fingerprint density at radius 3 is 2.34 bits per heavy atom. The maximum atomic E-state index is 12.9. The number of anilines is 1. The highest BCUT2D eigenvalue weighted by Crippen LogP contribution is 2.40. The average Bonchev–Trinajstić information content (AvgIpc) is 3.24. The molecule has 1 N–H and O–H groups in total. The molecule has 1 aliphatic rings. The minimum atomic E-state index is -0.381. The first-order chi connectivity index (χ1) is 14.0. The van der Waals surface area contributed by atoms with Crippen molar-refractivity contribution >= 4 is 29.4 Å². The number of carbonyl (C=O) groups excluding carboxylic acids is 2. The summed E-state index contributed by atoms with van der Waals surface area (Å²) < 4.78 is 15.7. The van der Waals surface area contributed by atoms with Crippen molar-refractivity contribution in [2.45, 2.75) is 12.3 Å². The van der Waals surface area contributed by atoms with Crippen LogP contribution in [-0.2, 0) is 4.74 Å². The van der Waals surface area contributed by atoms with Gasteiger partial charge in [-0.1, -0.05) is 0 Å². The van der Waals surface area contributed by atoms with Gasteiger partial charge in [0.25, 0.3) is 0 Å². The molecule has 0 saturated carbocycles. The second kappa shape index (κ2) is 9.56. The van der Waals surface area contributed by atoms with E-state index in [4.69, 9.17) is 14.2 Å². The number of hydrogen-bond acceptors (Lipinski definition) is 6. The number of rotatable bonds is 6. The van der Waals surface area contributed by atoms with E-state index >= 15 is 0 Å². The van der Waals surface area contributed by atoms with E-state index in [0.29, 0.717) is 35.9 Å². The molecule has 1 heterocycles. The molecule has 8 heteroatoms. The Morgan fingerprint density at radius 2 is 1.76 bits per heavy atom. The second-order valence-corrected chi connectivity index (χ2v) is 7.48. The fourth-order valence-electron chi connectivity index (χ4n) is 3.03. The molecule has 2 aromatic carbocycles. The zero-order chi connectivity index (χ0) is 20.8. The van der Waals surface area contributed by atoms with Gasteiger partial charge < -0.3 is 24.4 Å². The molecule has 0 aromatic heterocycles. The fourth-order valence-corrected chi connectivity index (χ4v) is 4.26. The van der Waals surface area contributed by atoms with E-state index in [-0.39, 0.29) is 17.4 Å². The number of benzene rings is 2. The number of urea groups is 1. The Bertz CT molecular complexity index is 850. The van der Waals surface area contributed by atoms with Crippen molar-refractivity contribution in [2.75, 3.05) is 38.4 Å². The van der Waals surface area contributed by atoms with Gasteiger partial charge in [-0.2, -0.15) is 0 Å². The number of hydrogen-bond donors (Lipinski definition) is 1. The van der Waals surface area contributed by atoms with E-state index in [2.05, 4.69) is 5.32 Å². The van der Waals surface area contributed by atoms with Gasteiger partial charge in [0.2, 0.25) is 0 Å². The summed E-state index contributed by atoms with van der Waals surface area (Å²) in [5.74, 6) is 1.82. The van der Waals surface area contributed by atoms with Crippen LogP contribution in [0, 0.1) is 0 Å². The molecule has 1 atom stereocenters. The second-order valence-electron chi connectivity index (χ2n) is 6.29. The lowest BCUT2D eigenvalue weighted by atomic mass is 10.2. The lowest BCUT2D eigenvalue weighted by Crippen LogP contribution is -2.34. The maximum Gasteiger partial charge on any atom is 0.338 e. The quantitative estimate of drug-likeness (QED) is 0.713. The van der Waals surface area contributed by atoms with Crippen LogP contribution in [0.2, 0.25) is 0 Å². The molecule has 1 saturated heterocycles. The molecule has 3 rings (SSSR count). The largest absolute Gasteiger partial charge is 0.497 e. The van der Waals surface area contributed by atoms with E-state index < -0.39 is 0 Å². The Hall–Kier alpha value is -2.87. The van der Waals surface area contributed by atoms with Gasteiger partial charge in [-0.25, -0.2) is 9.59 Å². The van der Waals surface area contributed by atoms with Crippen molar-refractivity contribution in [3.05, 3.63) is 53.6 Å². The summed E-state index contributed by atoms with van der Waals surface area (Å²) in [4.78, 5) is 26.4. The van der Waals surface area contributed by atoms with Crippen molar-refractivity contribution in [3.8, 4) is 11.5 Å². The molecule has 2 aromatic rings. The van der Waals surface area contributed by atoms with E-state index in [9.17, 15) is 9.59 Å². The van der Waals surface area contributed by atoms with Crippen molar-refractivity contribution < 1.29 is 23.8 Å². The van der Waals surface area contributed by atoms with Gasteiger partial charge >= 0.3 is 12.0 Å². The van der Waals surface area contributed by atoms with Crippen molar-refractivity contribution in [2.24, 2.45) is 0 Å². The number of thioether (sulfide) groups is 1. The van der Waals surface area contributed by atoms with Gasteiger partial charge in [-0.05, 0) is 48.9 Å². The molecule has 2 amide bonds. The van der Waals surface area contributed by atoms with Crippen LogP contribution in [0.4, 0.5) is 10.5 Å². The molecule has 0 unspecified atom stereocenters. The molecule has 0 aliphatic carbocycles. The zero-order valence-corrected chi connectivity index (χ0v) is 17.5. The van der Waals surface area contributed by atoms with Crippen LogP contribution in [0.25, 0.3) is 0 Å². The molecule has 0 radical (unpaired) electrons. The predicted octanol–water partition coefficient (Wildman–Crippen LogP) is 4.16. The Labute approximate surface area is 174 Å². The van der Waals surface area contributed by atoms with Crippen LogP contribution in [0.3, 0.4) is 0 Å². The average molecular weight is 416 g/mol. The van der Waals surface area contributed by atoms with Gasteiger partial charge in [0, 0.05) is 24.1 Å². The Balaban J connectivity index is 1.73. The molecule has 1 aliphatic heterocycles. The molecule has 29 heavy (non-hydrogen) atoms. The third-order valence-electron chi connectivity index (χ3n) is 4.46. The molecule has 0 spiro atoms. The predicted molar refractivity (Wildman–Crippen MR) is 113 cm³/mol. The van der Waals surface area contributed by atoms with Gasteiger partial charge in [0.1, 0.15) is 16.9 Å². The van der Waals surface area contributed by atoms with E-state index in [1.165, 1.54) is 0 Å². The van der Waals surface area contributed by atoms with Crippen LogP contribution in [-0.4, -0.2) is 50.0 Å². The minimum absolute atomic E-state index is 0.141. The lowest BCUT2D eigenvalue weighted by molar-refractivity contribution is 0.0526. The monoisotopic (exact) mass is 416 g/mol. The zero-order valence-electron chi connectivity index (χ0n) is 16.6. The molecule has 0 bridgehead atoms. The normalized spacial score (nSPS) is 15.7. The summed E-state index contributed by atoms with van der Waals surface area (Å²) in [5.41, 5.74) is 2.00. The van der Waals surface area contributed by atoms with Crippen LogP contribution in [0.5, 0.6) is 11.5 Å². The topological polar surface area (TPSA) is 77.1 Å². The van der Waals surface area contributed by atoms with E-state index in [1.54, 1.807) is 68.1 Å². The maximum absolute atomic E-state index is 12.9. The number of methoxy groups -OCH3 is 2. The SMILES string of the molecule is CCOC(=O)c1ccc(NC(=O)N2CCS[C@@H]2c2cc(OC)cc(OC)c2)cc1. The Kier molecular flexibility index (Phi) is 6.87. The third-order valence-corrected chi connectivity index (χ3v) is 5.72. The van der Waals surface area contributed by atoms with Crippen LogP contribution < -0.4 is 14.8 Å². The summed E-state index contributed by atoms with van der Waals surface area (Å²) in [5, 5.41) is 2.76. The number of nitrogens with zero attached hydrogens (tertiary/aromatic N) is 1. The van der Waals surface area contributed by atoms with E-state index in [0.717, 1.165) is 11.3 Å². The summed E-state index contributed by atoms with van der Waals surface area (Å²) >= 11 is 1.69. The highest BCUT2D eigenvalue weighted by atomic mass is 32.2. The first-order valence-corrected chi connectivity index (χ1v) is 10.3. The van der Waals surface area contributed by atoms with Crippen LogP contribution in [0.1, 0.15) is 28.2 Å². The summed E-state index contributed by atoms with van der Waals surface area (Å²) in [6.45, 7) is 2.71. The number of carbonyl (C=O) groups is 2. The van der Waals surface area contributed by atoms with Crippen LogP contribution >= 0.6 is 11.8 Å². The summed E-state index contributed by atoms with van der Waals surface area (Å²) in [6, 6.07) is 12.1. The van der Waals surface area contributed by atoms with E-state index in [1.807, 2.05) is 12.1 Å². The molecule has 154 valence electrons. The minimum Gasteiger partial charge on any atom is -0.497 e. The third kappa shape index (κ3) is 4.95. The molecular weight excluding hydrogens is 392 g/mol. The number of amides is 2. The number of ether oxygens (including phenoxy) is 3. The van der Waals surface area contributed by atoms with Crippen molar-refractivity contribution in [1.82, 2.24) is 4.90 Å². The fraction of sp³-hybridized carbons (Fsp3) is 0.333. The molecule has 1 fully saturated rings. The van der Waals surface area contributed by atoms with Gasteiger partial charge in [0.05, 0.1) is 26.4 Å². The molecule has 7 nitrogen and oxygen atoms in total. The van der Waals surface area contributed by atoms with Crippen molar-refractivity contribution in [3.63, 3.8) is 0 Å². The lowest BCUT2D eigenvalue weighted by Gasteiger charge is -2.25. The standard InChI is InChI=1S/C21H24N2O5S/c1-4-28-20(24)14-5-7-16(8-6-14)22-21(25)23-9-10-29-19(23)15-11-17(26-2)13-18(12-15)27-3/h5-8,11-13,19H,4,9-10H2,1-3H3,(H,22,25)/t19-/m1/s1. The first-order valence-electron chi connectivity index (χ1n) is 9.25. The highest BCUT2D eigenvalue weighted by Gasteiger charge is 2.31. The smallest absolute Gasteiger partial charge is 0.338 e. The number of nitrogens with one attached hydrogen (secondary N) is 1. The highest BCUT2D eigenvalue weighted by molar-refractivity contribution is 7.99. The summed E-state index contributed by atoms with van der Waals surface area (Å²) in [7, 11) is 3.20. The Morgan fingerprint density at radius 1 is 1.10 bits per heavy atom. The van der Waals surface area contributed by atoms with Gasteiger partial charge in [0.15, 0.2) is 0 Å². The van der Waals surface area contributed by atoms with Crippen molar-refractivity contribution in [1.29, 1.82) is 0 Å². The first kappa shape index (κ1) is 20.9. The summed E-state index contributed by atoms with van der Waals surface area (Å²) in [6.07, 6.45) is 0.